The summed E-state index contributed by atoms with van der Waals surface area (Å²) in [4.78, 5) is 9.10. The SMILES string of the molecule is [2H]c1c([2H])c([2H])c(-c2cccc(-c3c([2H])c([2H])c([2H])c([2H])c3[2H])c2N2CN(c3cc(Oc4ccc5c6c7oc8ccccc8c7ccc6n(-c6cc(C(C)(C)C)ccn6)c5c4)cc(-c4c(C(C)C)cc(C(C)C)cc4C(C)C)c3)c3ccccc32)c([2H])c1[2H]. The average molecular weight is 1040 g/mol. The fourth-order valence-electron chi connectivity index (χ4n) is 11.6. The van der Waals surface area contributed by atoms with Crippen molar-refractivity contribution in [1.29, 1.82) is 0 Å². The first-order chi connectivity index (χ1) is 42.4. The van der Waals surface area contributed by atoms with Gasteiger partial charge in [-0.1, -0.05) is 183 Å². The Kier molecular flexibility index (Phi) is 9.77. The molecule has 0 N–H and O–H groups in total. The number of aromatic nitrogens is 2. The van der Waals surface area contributed by atoms with Crippen molar-refractivity contribution in [2.45, 2.75) is 85.5 Å². The first-order valence-corrected chi connectivity index (χ1v) is 27.2. The van der Waals surface area contributed by atoms with Gasteiger partial charge >= 0.3 is 0 Å². The van der Waals surface area contributed by atoms with Crippen molar-refractivity contribution in [3.63, 3.8) is 0 Å². The van der Waals surface area contributed by atoms with Crippen molar-refractivity contribution < 1.29 is 22.9 Å². The number of rotatable bonds is 11. The highest BCUT2D eigenvalue weighted by molar-refractivity contribution is 6.24. The largest absolute Gasteiger partial charge is 0.457 e. The molecule has 0 aliphatic carbocycles. The highest BCUT2D eigenvalue weighted by atomic mass is 16.5. The lowest BCUT2D eigenvalue weighted by atomic mass is 9.81. The van der Waals surface area contributed by atoms with Crippen LogP contribution in [0, 0.1) is 0 Å². The molecule has 0 radical (unpaired) electrons. The summed E-state index contributed by atoms with van der Waals surface area (Å²) >= 11 is 0. The Morgan fingerprint density at radius 1 is 0.557 bits per heavy atom. The summed E-state index contributed by atoms with van der Waals surface area (Å²) in [5.41, 5.74) is 12.6. The molecule has 4 heterocycles. The first kappa shape index (κ1) is 39.5. The van der Waals surface area contributed by atoms with Gasteiger partial charge in [0.2, 0.25) is 0 Å². The summed E-state index contributed by atoms with van der Waals surface area (Å²) in [6.45, 7) is 20.0. The molecule has 6 heteroatoms. The number of para-hydroxylation sites is 4. The highest BCUT2D eigenvalue weighted by Crippen LogP contribution is 2.52. The molecule has 1 aliphatic heterocycles. The lowest BCUT2D eigenvalue weighted by Gasteiger charge is -2.28. The molecule has 0 bridgehead atoms. The van der Waals surface area contributed by atoms with Crippen LogP contribution in [0.1, 0.15) is 116 Å². The number of benzene rings is 9. The summed E-state index contributed by atoms with van der Waals surface area (Å²) in [5, 5.41) is 3.97. The average Bonchev–Trinajstić information content (AvgIpc) is 1.64. The van der Waals surface area contributed by atoms with Gasteiger partial charge in [0, 0.05) is 51.3 Å². The van der Waals surface area contributed by atoms with Crippen molar-refractivity contribution in [1.82, 2.24) is 9.55 Å². The maximum atomic E-state index is 9.30. The molecule has 0 atom stereocenters. The molecule has 0 saturated heterocycles. The van der Waals surface area contributed by atoms with Gasteiger partial charge in [0.05, 0.1) is 47.2 Å². The molecule has 12 aromatic rings. The molecular formula is C73H66N4O2. The number of hydrogen-bond acceptors (Lipinski definition) is 5. The monoisotopic (exact) mass is 1040 g/mol. The smallest absolute Gasteiger partial charge is 0.145 e. The van der Waals surface area contributed by atoms with Gasteiger partial charge in [0.1, 0.15) is 35.2 Å². The van der Waals surface area contributed by atoms with Gasteiger partial charge < -0.3 is 19.0 Å². The van der Waals surface area contributed by atoms with Crippen LogP contribution >= 0.6 is 0 Å². The zero-order valence-electron chi connectivity index (χ0n) is 55.9. The number of anilines is 4. The zero-order chi connectivity index (χ0) is 63.0. The standard InChI is InChI=1S/C73H66N4O2/c1-45(2)50-39-61(46(3)4)69(62(40-50)47(5)6)51-37-53(75-44-76(64-29-18-17-28-63(64)75)71-56(48-21-12-10-13-22-48)26-20-27-57(71)49-23-14-11-15-24-49)42-55(38-51)78-54-31-32-60-66(43-54)77(68-41-52(35-36-74-68)73(7,8)9)65-34-33-59-58-25-16-19-30-67(58)79-72(59)70(60)65/h10-43,45-47H,44H2,1-9H3/i10D,11D,12D,13D,14D,15D,21D,22D,23D,24D. The first-order valence-electron chi connectivity index (χ1n) is 32.2. The van der Waals surface area contributed by atoms with E-state index in [0.717, 1.165) is 77.6 Å². The third-order valence-electron chi connectivity index (χ3n) is 15.5. The summed E-state index contributed by atoms with van der Waals surface area (Å²) in [7, 11) is 0. The summed E-state index contributed by atoms with van der Waals surface area (Å²) in [6, 6.07) is 41.4. The number of ether oxygens (including phenoxy) is 1. The van der Waals surface area contributed by atoms with Crippen LogP contribution in [0.25, 0.3) is 82.9 Å². The van der Waals surface area contributed by atoms with Crippen molar-refractivity contribution >= 4 is 66.5 Å². The van der Waals surface area contributed by atoms with Gasteiger partial charge in [-0.05, 0) is 134 Å². The van der Waals surface area contributed by atoms with Crippen molar-refractivity contribution in [2.75, 3.05) is 16.5 Å². The highest BCUT2D eigenvalue weighted by Gasteiger charge is 2.33. The van der Waals surface area contributed by atoms with Crippen LogP contribution in [-0.2, 0) is 5.41 Å². The van der Waals surface area contributed by atoms with E-state index >= 15 is 0 Å². The lowest BCUT2D eigenvalue weighted by Crippen LogP contribution is -2.25. The second kappa shape index (κ2) is 19.5. The fraction of sp³-hybridized carbons (Fsp3) is 0.192. The molecule has 0 spiro atoms. The molecule has 9 aromatic carbocycles. The van der Waals surface area contributed by atoms with Crippen LogP contribution in [0.5, 0.6) is 11.5 Å². The third kappa shape index (κ3) is 8.71. The molecule has 0 saturated carbocycles. The van der Waals surface area contributed by atoms with E-state index in [1.165, 1.54) is 16.7 Å². The maximum Gasteiger partial charge on any atom is 0.145 e. The van der Waals surface area contributed by atoms with E-state index in [9.17, 15) is 5.48 Å². The maximum absolute atomic E-state index is 9.30. The fourth-order valence-corrected chi connectivity index (χ4v) is 11.6. The molecule has 1 aliphatic rings. The van der Waals surface area contributed by atoms with Crippen molar-refractivity contribution in [3.05, 3.63) is 228 Å². The van der Waals surface area contributed by atoms with Gasteiger partial charge in [-0.3, -0.25) is 4.57 Å². The minimum atomic E-state index is -0.558. The number of pyridine rings is 1. The van der Waals surface area contributed by atoms with E-state index < -0.39 is 60.4 Å². The van der Waals surface area contributed by atoms with Gasteiger partial charge in [0.15, 0.2) is 0 Å². The van der Waals surface area contributed by atoms with Crippen LogP contribution in [0.15, 0.2) is 211 Å². The van der Waals surface area contributed by atoms with Gasteiger partial charge in [-0.25, -0.2) is 4.98 Å². The van der Waals surface area contributed by atoms with Crippen LogP contribution in [-0.4, -0.2) is 16.2 Å². The minimum Gasteiger partial charge on any atom is -0.457 e. The van der Waals surface area contributed by atoms with Gasteiger partial charge in [-0.2, -0.15) is 0 Å². The van der Waals surface area contributed by atoms with E-state index in [0.29, 0.717) is 17.2 Å². The summed E-state index contributed by atoms with van der Waals surface area (Å²) < 4.78 is 106. The van der Waals surface area contributed by atoms with E-state index in [2.05, 4.69) is 139 Å². The van der Waals surface area contributed by atoms with E-state index in [1.807, 2.05) is 65.7 Å². The molecule has 390 valence electrons. The van der Waals surface area contributed by atoms with Crippen LogP contribution < -0.4 is 14.5 Å². The Morgan fingerprint density at radius 2 is 1.20 bits per heavy atom. The quantitative estimate of drug-likeness (QED) is 0.129. The van der Waals surface area contributed by atoms with Crippen LogP contribution in [0.3, 0.4) is 0 Å². The number of furan rings is 1. The number of hydrogen-bond donors (Lipinski definition) is 0. The zero-order valence-corrected chi connectivity index (χ0v) is 45.9. The Balaban J connectivity index is 1.05. The Morgan fingerprint density at radius 3 is 1.86 bits per heavy atom. The lowest BCUT2D eigenvalue weighted by molar-refractivity contribution is 0.483. The molecular weight excluding hydrogens is 965 g/mol. The van der Waals surface area contributed by atoms with E-state index in [4.69, 9.17) is 22.4 Å². The van der Waals surface area contributed by atoms with Gasteiger partial charge in [-0.15, -0.1) is 0 Å². The molecule has 79 heavy (non-hydrogen) atoms. The molecule has 6 nitrogen and oxygen atoms in total. The van der Waals surface area contributed by atoms with Gasteiger partial charge in [0.25, 0.3) is 0 Å². The summed E-state index contributed by atoms with van der Waals surface area (Å²) in [6.07, 6.45) is 1.87. The summed E-state index contributed by atoms with van der Waals surface area (Å²) in [5.74, 6) is 2.39. The molecule has 0 fully saturated rings. The third-order valence-corrected chi connectivity index (χ3v) is 15.5. The molecule has 0 amide bonds. The minimum absolute atomic E-state index is 0.0624. The Labute approximate surface area is 478 Å². The molecule has 3 aromatic heterocycles. The van der Waals surface area contributed by atoms with Crippen molar-refractivity contribution in [2.24, 2.45) is 0 Å². The topological polar surface area (TPSA) is 46.7 Å². The molecule has 13 rings (SSSR count). The Bertz CT molecular complexity index is 4750. The van der Waals surface area contributed by atoms with Crippen molar-refractivity contribution in [3.8, 4) is 50.7 Å². The predicted octanol–water partition coefficient (Wildman–Crippen LogP) is 20.8. The Hall–Kier alpha value is -8.87. The van der Waals surface area contributed by atoms with Crippen LogP contribution in [0.2, 0.25) is 0 Å². The number of nitrogens with zero attached hydrogens (tertiary/aromatic N) is 4. The molecule has 0 unspecified atom stereocenters. The normalized spacial score (nSPS) is 14.6. The van der Waals surface area contributed by atoms with E-state index in [1.54, 1.807) is 18.2 Å². The predicted molar refractivity (Wildman–Crippen MR) is 332 cm³/mol. The van der Waals surface area contributed by atoms with Crippen LogP contribution in [0.4, 0.5) is 22.7 Å². The second-order valence-electron chi connectivity index (χ2n) is 22.6. The van der Waals surface area contributed by atoms with E-state index in [-0.39, 0.29) is 57.8 Å². The second-order valence-corrected chi connectivity index (χ2v) is 22.6. The number of fused-ring (bicyclic) bond motifs is 8.